The van der Waals surface area contributed by atoms with Crippen molar-refractivity contribution in [3.05, 3.63) is 67.3 Å². The molecular formula is C27H24F4N10. The number of nitrogens with two attached hydrogens (primary N) is 1. The second-order valence-corrected chi connectivity index (χ2v) is 9.74. The first-order valence-corrected chi connectivity index (χ1v) is 12.8. The van der Waals surface area contributed by atoms with Gasteiger partial charge in [0.1, 0.15) is 24.0 Å². The molecule has 3 N–H and O–H groups in total. The number of fused-ring (bicyclic) bond motifs is 1. The van der Waals surface area contributed by atoms with Gasteiger partial charge in [-0.05, 0) is 25.0 Å². The molecule has 1 aromatic carbocycles. The predicted octanol–water partition coefficient (Wildman–Crippen LogP) is 4.72. The van der Waals surface area contributed by atoms with E-state index in [0.29, 0.717) is 40.3 Å². The van der Waals surface area contributed by atoms with Crippen molar-refractivity contribution in [1.29, 1.82) is 0 Å². The van der Waals surface area contributed by atoms with Crippen LogP contribution in [0.25, 0.3) is 33.5 Å². The molecule has 0 aliphatic carbocycles. The van der Waals surface area contributed by atoms with E-state index in [1.54, 1.807) is 24.4 Å². The minimum atomic E-state index is -4.39. The zero-order valence-electron chi connectivity index (χ0n) is 21.6. The van der Waals surface area contributed by atoms with Crippen molar-refractivity contribution in [2.24, 2.45) is 5.73 Å². The van der Waals surface area contributed by atoms with Crippen molar-refractivity contribution in [3.8, 4) is 22.5 Å². The number of halogens is 4. The number of anilines is 3. The maximum atomic E-state index is 14.9. The quantitative estimate of drug-likeness (QED) is 0.282. The second-order valence-electron chi connectivity index (χ2n) is 9.74. The first-order chi connectivity index (χ1) is 19.7. The lowest BCUT2D eigenvalue weighted by Gasteiger charge is -2.34. The van der Waals surface area contributed by atoms with E-state index in [-0.39, 0.29) is 17.4 Å². The average Bonchev–Trinajstić information content (AvgIpc) is 3.39. The standard InChI is InChI=1S/C27H24F4N10/c28-20-9-22-21(33-5-6-34-22)8-18(20)26-35-4-3-24(39-26)38-25-10-23(40-7-1-2-17(32)14-40)19(12-36-25)16-11-37-41(13-16)15-27(29,30)31/h3-6,8-13,17H,1-2,7,14-15,32H2,(H,35,36,38,39)/t17-/m0/s1. The Morgan fingerprint density at radius 3 is 2.54 bits per heavy atom. The number of rotatable bonds is 6. The minimum absolute atomic E-state index is 0.0416. The summed E-state index contributed by atoms with van der Waals surface area (Å²) in [5.41, 5.74) is 9.20. The van der Waals surface area contributed by atoms with Gasteiger partial charge in [-0.15, -0.1) is 0 Å². The van der Waals surface area contributed by atoms with E-state index in [9.17, 15) is 17.6 Å². The van der Waals surface area contributed by atoms with Gasteiger partial charge in [0.25, 0.3) is 0 Å². The van der Waals surface area contributed by atoms with Crippen LogP contribution in [0.3, 0.4) is 0 Å². The van der Waals surface area contributed by atoms with Crippen LogP contribution >= 0.6 is 0 Å². The summed E-state index contributed by atoms with van der Waals surface area (Å²) in [6.45, 7) is 0.113. The van der Waals surface area contributed by atoms with Crippen LogP contribution in [-0.2, 0) is 6.54 Å². The van der Waals surface area contributed by atoms with E-state index in [0.717, 1.165) is 29.8 Å². The number of alkyl halides is 3. The summed E-state index contributed by atoms with van der Waals surface area (Å²) >= 11 is 0. The third-order valence-corrected chi connectivity index (χ3v) is 6.68. The first-order valence-electron chi connectivity index (χ1n) is 12.8. The van der Waals surface area contributed by atoms with Crippen molar-refractivity contribution in [2.45, 2.75) is 31.6 Å². The third-order valence-electron chi connectivity index (χ3n) is 6.68. The van der Waals surface area contributed by atoms with E-state index < -0.39 is 18.5 Å². The monoisotopic (exact) mass is 564 g/mol. The molecule has 0 amide bonds. The Morgan fingerprint density at radius 2 is 1.76 bits per heavy atom. The molecule has 6 rings (SSSR count). The molecule has 210 valence electrons. The van der Waals surface area contributed by atoms with Gasteiger partial charge in [0, 0.05) is 79.1 Å². The van der Waals surface area contributed by atoms with Gasteiger partial charge in [0.2, 0.25) is 0 Å². The molecule has 0 radical (unpaired) electrons. The Hall–Kier alpha value is -4.72. The lowest BCUT2D eigenvalue weighted by molar-refractivity contribution is -0.142. The molecule has 4 aromatic heterocycles. The van der Waals surface area contributed by atoms with Crippen LogP contribution in [0, 0.1) is 5.82 Å². The third kappa shape index (κ3) is 5.91. The molecular weight excluding hydrogens is 540 g/mol. The fourth-order valence-corrected chi connectivity index (χ4v) is 4.84. The average molecular weight is 565 g/mol. The molecule has 0 saturated carbocycles. The van der Waals surface area contributed by atoms with Crippen LogP contribution < -0.4 is 16.0 Å². The number of hydrogen-bond donors (Lipinski definition) is 2. The number of nitrogens with zero attached hydrogens (tertiary/aromatic N) is 8. The highest BCUT2D eigenvalue weighted by Crippen LogP contribution is 2.35. The molecule has 0 unspecified atom stereocenters. The van der Waals surface area contributed by atoms with E-state index in [1.165, 1.54) is 37.1 Å². The van der Waals surface area contributed by atoms with E-state index in [4.69, 9.17) is 5.73 Å². The molecule has 0 bridgehead atoms. The molecule has 1 aliphatic heterocycles. The number of hydrogen-bond acceptors (Lipinski definition) is 9. The van der Waals surface area contributed by atoms with Gasteiger partial charge in [-0.2, -0.15) is 18.3 Å². The van der Waals surface area contributed by atoms with Gasteiger partial charge in [-0.1, -0.05) is 0 Å². The summed E-state index contributed by atoms with van der Waals surface area (Å²) in [4.78, 5) is 23.6. The molecule has 1 saturated heterocycles. The van der Waals surface area contributed by atoms with Crippen molar-refractivity contribution >= 4 is 28.4 Å². The lowest BCUT2D eigenvalue weighted by Crippen LogP contribution is -2.43. The van der Waals surface area contributed by atoms with E-state index >= 15 is 0 Å². The normalized spacial score (nSPS) is 15.8. The van der Waals surface area contributed by atoms with Gasteiger partial charge in [-0.25, -0.2) is 19.3 Å². The number of piperidine rings is 1. The number of aromatic nitrogens is 7. The minimum Gasteiger partial charge on any atom is -0.369 e. The van der Waals surface area contributed by atoms with Crippen LogP contribution in [-0.4, -0.2) is 60.0 Å². The highest BCUT2D eigenvalue weighted by molar-refractivity contribution is 5.81. The summed E-state index contributed by atoms with van der Waals surface area (Å²) < 4.78 is 54.5. The highest BCUT2D eigenvalue weighted by atomic mass is 19.4. The van der Waals surface area contributed by atoms with Crippen LogP contribution in [0.15, 0.2) is 61.4 Å². The Bertz CT molecular complexity index is 1700. The van der Waals surface area contributed by atoms with Crippen molar-refractivity contribution in [2.75, 3.05) is 23.3 Å². The van der Waals surface area contributed by atoms with Gasteiger partial charge in [-0.3, -0.25) is 14.6 Å². The number of benzene rings is 1. The lowest BCUT2D eigenvalue weighted by atomic mass is 10.0. The molecule has 10 nitrogen and oxygen atoms in total. The van der Waals surface area contributed by atoms with Crippen LogP contribution in [0.1, 0.15) is 12.8 Å². The molecule has 41 heavy (non-hydrogen) atoms. The van der Waals surface area contributed by atoms with Crippen molar-refractivity contribution in [3.63, 3.8) is 0 Å². The summed E-state index contributed by atoms with van der Waals surface area (Å²) in [5.74, 6) is 0.414. The van der Waals surface area contributed by atoms with Gasteiger partial charge in [0.15, 0.2) is 5.82 Å². The fourth-order valence-electron chi connectivity index (χ4n) is 4.84. The van der Waals surface area contributed by atoms with Crippen molar-refractivity contribution < 1.29 is 17.6 Å². The zero-order valence-corrected chi connectivity index (χ0v) is 21.6. The highest BCUT2D eigenvalue weighted by Gasteiger charge is 2.29. The van der Waals surface area contributed by atoms with Gasteiger partial charge < -0.3 is 16.0 Å². The van der Waals surface area contributed by atoms with Gasteiger partial charge >= 0.3 is 6.18 Å². The number of pyridine rings is 1. The first kappa shape index (κ1) is 26.5. The maximum absolute atomic E-state index is 14.9. The Kier molecular flexibility index (Phi) is 6.91. The second kappa shape index (κ2) is 10.7. The van der Waals surface area contributed by atoms with Crippen LogP contribution in [0.4, 0.5) is 34.9 Å². The molecule has 5 heterocycles. The molecule has 0 spiro atoms. The predicted molar refractivity (Wildman–Crippen MR) is 145 cm³/mol. The molecule has 5 aromatic rings. The summed E-state index contributed by atoms with van der Waals surface area (Å²) in [6, 6.07) is 6.20. The molecule has 1 aliphatic rings. The Morgan fingerprint density at radius 1 is 0.951 bits per heavy atom. The molecule has 14 heteroatoms. The zero-order chi connectivity index (χ0) is 28.6. The fraction of sp³-hybridized carbons (Fsp3) is 0.259. The summed E-state index contributed by atoms with van der Waals surface area (Å²) in [7, 11) is 0. The van der Waals surface area contributed by atoms with E-state index in [1.807, 2.05) is 0 Å². The SMILES string of the molecule is N[C@H]1CCCN(c2cc(Nc3ccnc(-c4cc5nccnc5cc4F)n3)ncc2-c2cnn(CC(F)(F)F)c2)C1. The number of nitrogens with one attached hydrogen (secondary N) is 1. The summed E-state index contributed by atoms with van der Waals surface area (Å²) in [5, 5.41) is 7.02. The Balaban J connectivity index is 1.33. The summed E-state index contributed by atoms with van der Waals surface area (Å²) in [6.07, 6.45) is 6.19. The van der Waals surface area contributed by atoms with E-state index in [2.05, 4.69) is 40.2 Å². The maximum Gasteiger partial charge on any atom is 0.408 e. The van der Waals surface area contributed by atoms with Crippen LogP contribution in [0.5, 0.6) is 0 Å². The van der Waals surface area contributed by atoms with Crippen molar-refractivity contribution in [1.82, 2.24) is 34.7 Å². The largest absolute Gasteiger partial charge is 0.408 e. The smallest absolute Gasteiger partial charge is 0.369 e. The van der Waals surface area contributed by atoms with Gasteiger partial charge in [0.05, 0.1) is 22.8 Å². The Labute approximate surface area is 231 Å². The van der Waals surface area contributed by atoms with Crippen LogP contribution in [0.2, 0.25) is 0 Å². The molecule has 1 atom stereocenters. The topological polar surface area (TPSA) is 124 Å². The molecule has 1 fully saturated rings.